The van der Waals surface area contributed by atoms with Crippen molar-refractivity contribution in [1.29, 1.82) is 5.26 Å². The van der Waals surface area contributed by atoms with Gasteiger partial charge >= 0.3 is 5.97 Å². The van der Waals surface area contributed by atoms with Crippen molar-refractivity contribution in [3.8, 4) is 6.07 Å². The summed E-state index contributed by atoms with van der Waals surface area (Å²) in [6, 6.07) is 9.85. The molecule has 2 rings (SSSR count). The summed E-state index contributed by atoms with van der Waals surface area (Å²) in [7, 11) is 0. The average Bonchev–Trinajstić information content (AvgIpc) is 2.89. The van der Waals surface area contributed by atoms with Gasteiger partial charge in [0.05, 0.1) is 11.3 Å². The summed E-state index contributed by atoms with van der Waals surface area (Å²) < 4.78 is 2.05. The van der Waals surface area contributed by atoms with E-state index < -0.39 is 11.9 Å². The lowest BCUT2D eigenvalue weighted by atomic mass is 10.2. The first-order valence-corrected chi connectivity index (χ1v) is 6.68. The maximum absolute atomic E-state index is 12.0. The molecule has 21 heavy (non-hydrogen) atoms. The predicted molar refractivity (Wildman–Crippen MR) is 78.9 cm³/mol. The van der Waals surface area contributed by atoms with E-state index in [4.69, 9.17) is 10.4 Å². The van der Waals surface area contributed by atoms with E-state index in [2.05, 4.69) is 21.2 Å². The SMILES string of the molecule is N#Cc1cc(Br)ccc1NC(=O)Cn1cccc1C(=O)O. The molecule has 1 heterocycles. The van der Waals surface area contributed by atoms with Crippen LogP contribution in [0.15, 0.2) is 41.0 Å². The molecule has 1 aromatic heterocycles. The lowest BCUT2D eigenvalue weighted by Crippen LogP contribution is -2.21. The molecule has 0 bridgehead atoms. The van der Waals surface area contributed by atoms with Crippen LogP contribution >= 0.6 is 15.9 Å². The molecule has 2 N–H and O–H groups in total. The summed E-state index contributed by atoms with van der Waals surface area (Å²) in [6.07, 6.45) is 1.51. The number of carboxylic acid groups (broad SMARTS) is 1. The fourth-order valence-electron chi connectivity index (χ4n) is 1.81. The third-order valence-corrected chi connectivity index (χ3v) is 3.23. The zero-order chi connectivity index (χ0) is 15.4. The van der Waals surface area contributed by atoms with Crippen LogP contribution in [-0.2, 0) is 11.3 Å². The number of hydrogen-bond acceptors (Lipinski definition) is 3. The molecule has 0 fully saturated rings. The predicted octanol–water partition coefficient (Wildman–Crippen LogP) is 2.46. The minimum Gasteiger partial charge on any atom is -0.477 e. The molecule has 106 valence electrons. The van der Waals surface area contributed by atoms with Crippen LogP contribution in [0.5, 0.6) is 0 Å². The van der Waals surface area contributed by atoms with Gasteiger partial charge in [-0.2, -0.15) is 5.26 Å². The zero-order valence-electron chi connectivity index (χ0n) is 10.7. The van der Waals surface area contributed by atoms with Gasteiger partial charge in [0.2, 0.25) is 5.91 Å². The highest BCUT2D eigenvalue weighted by molar-refractivity contribution is 9.10. The topological polar surface area (TPSA) is 95.1 Å². The average molecular weight is 348 g/mol. The quantitative estimate of drug-likeness (QED) is 0.887. The van der Waals surface area contributed by atoms with Crippen molar-refractivity contribution in [2.24, 2.45) is 0 Å². The Morgan fingerprint density at radius 1 is 1.38 bits per heavy atom. The molecule has 6 nitrogen and oxygen atoms in total. The van der Waals surface area contributed by atoms with Gasteiger partial charge in [-0.05, 0) is 30.3 Å². The fourth-order valence-corrected chi connectivity index (χ4v) is 2.17. The summed E-state index contributed by atoms with van der Waals surface area (Å²) in [5, 5.41) is 20.6. The van der Waals surface area contributed by atoms with Gasteiger partial charge < -0.3 is 15.0 Å². The minimum atomic E-state index is -1.10. The largest absolute Gasteiger partial charge is 0.477 e. The van der Waals surface area contributed by atoms with Crippen molar-refractivity contribution in [2.75, 3.05) is 5.32 Å². The highest BCUT2D eigenvalue weighted by Gasteiger charge is 2.13. The number of aromatic nitrogens is 1. The van der Waals surface area contributed by atoms with E-state index in [1.54, 1.807) is 24.3 Å². The van der Waals surface area contributed by atoms with Crippen molar-refractivity contribution in [3.05, 3.63) is 52.3 Å². The molecule has 0 aliphatic carbocycles. The molecular weight excluding hydrogens is 338 g/mol. The Hall–Kier alpha value is -2.59. The monoisotopic (exact) mass is 347 g/mol. The van der Waals surface area contributed by atoms with Crippen LogP contribution in [0.1, 0.15) is 16.1 Å². The Labute approximate surface area is 128 Å². The van der Waals surface area contributed by atoms with Gasteiger partial charge in [-0.1, -0.05) is 15.9 Å². The molecule has 0 aliphatic heterocycles. The van der Waals surface area contributed by atoms with E-state index in [0.29, 0.717) is 11.3 Å². The number of hydrogen-bond donors (Lipinski definition) is 2. The van der Waals surface area contributed by atoms with Gasteiger partial charge in [0.1, 0.15) is 18.3 Å². The molecule has 0 aliphatic rings. The molecule has 1 aromatic carbocycles. The van der Waals surface area contributed by atoms with Gasteiger partial charge in [-0.3, -0.25) is 4.79 Å². The smallest absolute Gasteiger partial charge is 0.352 e. The number of aromatic carboxylic acids is 1. The van der Waals surface area contributed by atoms with Gasteiger partial charge in [0.25, 0.3) is 0 Å². The van der Waals surface area contributed by atoms with Crippen molar-refractivity contribution in [2.45, 2.75) is 6.54 Å². The Balaban J connectivity index is 2.14. The lowest BCUT2D eigenvalue weighted by Gasteiger charge is -2.09. The van der Waals surface area contributed by atoms with Gasteiger partial charge in [-0.25, -0.2) is 4.79 Å². The number of carbonyl (C=O) groups excluding carboxylic acids is 1. The number of nitriles is 1. The number of carboxylic acids is 1. The van der Waals surface area contributed by atoms with E-state index >= 15 is 0 Å². The second-order valence-corrected chi connectivity index (χ2v) is 5.09. The molecule has 0 atom stereocenters. The number of carbonyl (C=O) groups is 2. The van der Waals surface area contributed by atoms with E-state index in [-0.39, 0.29) is 12.2 Å². The number of nitrogens with one attached hydrogen (secondary N) is 1. The van der Waals surface area contributed by atoms with Crippen molar-refractivity contribution < 1.29 is 14.7 Å². The standard InChI is InChI=1S/C14H10BrN3O3/c15-10-3-4-11(9(6-10)7-16)17-13(19)8-18-5-1-2-12(18)14(20)21/h1-6H,8H2,(H,17,19)(H,20,21). The van der Waals surface area contributed by atoms with Gasteiger partial charge in [0, 0.05) is 10.7 Å². The van der Waals surface area contributed by atoms with Crippen molar-refractivity contribution >= 4 is 33.5 Å². The Morgan fingerprint density at radius 2 is 2.14 bits per heavy atom. The first-order valence-electron chi connectivity index (χ1n) is 5.89. The van der Waals surface area contributed by atoms with Crippen LogP contribution < -0.4 is 5.32 Å². The minimum absolute atomic E-state index is 0.0291. The van der Waals surface area contributed by atoms with Gasteiger partial charge in [-0.15, -0.1) is 0 Å². The van der Waals surface area contributed by atoms with E-state index in [1.165, 1.54) is 16.8 Å². The van der Waals surface area contributed by atoms with E-state index in [0.717, 1.165) is 4.47 Å². The lowest BCUT2D eigenvalue weighted by molar-refractivity contribution is -0.116. The number of rotatable bonds is 4. The second-order valence-electron chi connectivity index (χ2n) is 4.18. The van der Waals surface area contributed by atoms with Crippen molar-refractivity contribution in [1.82, 2.24) is 4.57 Å². The Kier molecular flexibility index (Phi) is 4.40. The summed E-state index contributed by atoms with van der Waals surface area (Å²) in [6.45, 7) is -0.143. The molecule has 0 saturated heterocycles. The van der Waals surface area contributed by atoms with Crippen LogP contribution in [0, 0.1) is 11.3 Å². The molecular formula is C14H10BrN3O3. The number of anilines is 1. The number of benzene rings is 1. The molecule has 0 saturated carbocycles. The van der Waals surface area contributed by atoms with Gasteiger partial charge in [0.15, 0.2) is 0 Å². The number of amides is 1. The molecule has 0 radical (unpaired) electrons. The molecule has 7 heteroatoms. The van der Waals surface area contributed by atoms with E-state index in [1.807, 2.05) is 6.07 Å². The maximum atomic E-state index is 12.0. The Morgan fingerprint density at radius 3 is 2.81 bits per heavy atom. The van der Waals surface area contributed by atoms with Crippen LogP contribution in [0.25, 0.3) is 0 Å². The van der Waals surface area contributed by atoms with Crippen molar-refractivity contribution in [3.63, 3.8) is 0 Å². The van der Waals surface area contributed by atoms with Crippen LogP contribution in [-0.4, -0.2) is 21.6 Å². The summed E-state index contributed by atoms with van der Waals surface area (Å²) in [4.78, 5) is 22.9. The maximum Gasteiger partial charge on any atom is 0.352 e. The molecule has 0 unspecified atom stereocenters. The highest BCUT2D eigenvalue weighted by atomic mass is 79.9. The molecule has 0 spiro atoms. The number of nitrogens with zero attached hydrogens (tertiary/aromatic N) is 2. The van der Waals surface area contributed by atoms with Crippen LogP contribution in [0.4, 0.5) is 5.69 Å². The van der Waals surface area contributed by atoms with Crippen LogP contribution in [0.3, 0.4) is 0 Å². The first kappa shape index (κ1) is 14.8. The third kappa shape index (κ3) is 3.49. The normalized spacial score (nSPS) is 9.90. The second kappa shape index (κ2) is 6.24. The number of halogens is 1. The zero-order valence-corrected chi connectivity index (χ0v) is 12.3. The summed E-state index contributed by atoms with van der Waals surface area (Å²) >= 11 is 3.24. The highest BCUT2D eigenvalue weighted by Crippen LogP contribution is 2.20. The molecule has 1 amide bonds. The van der Waals surface area contributed by atoms with Crippen LogP contribution in [0.2, 0.25) is 0 Å². The summed E-state index contributed by atoms with van der Waals surface area (Å²) in [5.74, 6) is -1.51. The fraction of sp³-hybridized carbons (Fsp3) is 0.0714. The summed E-state index contributed by atoms with van der Waals surface area (Å²) in [5.41, 5.74) is 0.736. The Bertz CT molecular complexity index is 746. The first-order chi connectivity index (χ1) is 10.0. The van der Waals surface area contributed by atoms with E-state index in [9.17, 15) is 9.59 Å². The molecule has 2 aromatic rings. The third-order valence-electron chi connectivity index (χ3n) is 2.74.